The molecule has 166 valence electrons. The van der Waals surface area contributed by atoms with E-state index >= 15 is 0 Å². The lowest BCUT2D eigenvalue weighted by Crippen LogP contribution is -2.42. The van der Waals surface area contributed by atoms with Crippen molar-refractivity contribution in [3.63, 3.8) is 0 Å². The number of rotatable bonds is 8. The van der Waals surface area contributed by atoms with Crippen molar-refractivity contribution in [3.05, 3.63) is 53.7 Å². The van der Waals surface area contributed by atoms with Crippen LogP contribution < -0.4 is 26.0 Å². The maximum atomic E-state index is 11.6. The fourth-order valence-electron chi connectivity index (χ4n) is 3.63. The highest BCUT2D eigenvalue weighted by atomic mass is 16.5. The lowest BCUT2D eigenvalue weighted by molar-refractivity contribution is -0.122. The molecule has 4 N–H and O–H groups in total. The second-order valence-electron chi connectivity index (χ2n) is 7.69. The molecular formula is C23H32N6O2. The molecule has 31 heavy (non-hydrogen) atoms. The Hall–Kier alpha value is -3.29. The van der Waals surface area contributed by atoms with E-state index < -0.39 is 0 Å². The Balaban J connectivity index is 1.50. The number of carbonyl (C=O) groups excluding carboxylic acids is 1. The second-order valence-corrected chi connectivity index (χ2v) is 7.69. The number of piperidine rings is 1. The lowest BCUT2D eigenvalue weighted by Gasteiger charge is -2.33. The van der Waals surface area contributed by atoms with Gasteiger partial charge >= 0.3 is 0 Å². The van der Waals surface area contributed by atoms with Gasteiger partial charge in [-0.05, 0) is 38.0 Å². The molecule has 1 aromatic heterocycles. The predicted octanol–water partition coefficient (Wildman–Crippen LogP) is 1.84. The Bertz CT molecular complexity index is 884. The predicted molar refractivity (Wildman–Crippen MR) is 123 cm³/mol. The normalized spacial score (nSPS) is 16.6. The maximum absolute atomic E-state index is 11.6. The monoisotopic (exact) mass is 424 g/mol. The number of guanidine groups is 1. The van der Waals surface area contributed by atoms with E-state index in [0.717, 1.165) is 36.5 Å². The zero-order chi connectivity index (χ0) is 22.1. The molecule has 1 amide bonds. The van der Waals surface area contributed by atoms with Crippen molar-refractivity contribution in [2.24, 2.45) is 16.6 Å². The molecule has 3 rings (SSSR count). The van der Waals surface area contributed by atoms with E-state index in [9.17, 15) is 4.79 Å². The minimum atomic E-state index is -0.238. The molecule has 1 fully saturated rings. The number of nitrogens with two attached hydrogens (primary N) is 1. The van der Waals surface area contributed by atoms with Crippen LogP contribution in [0.5, 0.6) is 5.75 Å². The number of anilines is 1. The van der Waals surface area contributed by atoms with Crippen molar-refractivity contribution in [3.8, 4) is 5.75 Å². The van der Waals surface area contributed by atoms with Gasteiger partial charge in [-0.15, -0.1) is 0 Å². The number of nitrogens with one attached hydrogen (secondary N) is 2. The Labute approximate surface area is 183 Å². The Morgan fingerprint density at radius 2 is 2.10 bits per heavy atom. The van der Waals surface area contributed by atoms with Gasteiger partial charge in [-0.2, -0.15) is 0 Å². The first-order chi connectivity index (χ1) is 15.1. The molecule has 1 aromatic carbocycles. The van der Waals surface area contributed by atoms with Gasteiger partial charge in [0.2, 0.25) is 5.91 Å². The first-order valence-electron chi connectivity index (χ1n) is 10.7. The molecule has 0 bridgehead atoms. The SMILES string of the molecule is CN=C(NCCOc1ccc(C)cc1)NCc1cccnc1N1CCCC(C(N)=O)C1. The number of amides is 1. The van der Waals surface area contributed by atoms with Crippen LogP contribution in [0.2, 0.25) is 0 Å². The van der Waals surface area contributed by atoms with Crippen LogP contribution in [0.3, 0.4) is 0 Å². The summed E-state index contributed by atoms with van der Waals surface area (Å²) in [6, 6.07) is 12.0. The molecule has 2 aromatic rings. The third-order valence-electron chi connectivity index (χ3n) is 5.34. The first kappa shape index (κ1) is 22.4. The summed E-state index contributed by atoms with van der Waals surface area (Å²) in [5, 5.41) is 6.59. The molecule has 8 heteroatoms. The van der Waals surface area contributed by atoms with Crippen molar-refractivity contribution in [2.75, 3.05) is 38.2 Å². The van der Waals surface area contributed by atoms with Crippen LogP contribution in [0.1, 0.15) is 24.0 Å². The standard InChI is InChI=1S/C23H32N6O2/c1-17-7-9-20(10-8-17)31-14-12-27-23(25-2)28-15-18-5-3-11-26-22(18)29-13-4-6-19(16-29)21(24)30/h3,5,7-11,19H,4,6,12-16H2,1-2H3,(H2,24,30)(H2,25,27,28). The Morgan fingerprint density at radius 3 is 2.84 bits per heavy atom. The van der Waals surface area contributed by atoms with Gasteiger partial charge in [0.15, 0.2) is 5.96 Å². The maximum Gasteiger partial charge on any atom is 0.222 e. The highest BCUT2D eigenvalue weighted by Crippen LogP contribution is 2.24. The lowest BCUT2D eigenvalue weighted by atomic mass is 9.97. The van der Waals surface area contributed by atoms with E-state index in [4.69, 9.17) is 10.5 Å². The minimum Gasteiger partial charge on any atom is -0.492 e. The van der Waals surface area contributed by atoms with Gasteiger partial charge in [0.05, 0.1) is 12.5 Å². The summed E-state index contributed by atoms with van der Waals surface area (Å²) in [5.41, 5.74) is 7.79. The molecular weight excluding hydrogens is 392 g/mol. The number of pyridine rings is 1. The Morgan fingerprint density at radius 1 is 1.29 bits per heavy atom. The fraction of sp³-hybridized carbons (Fsp3) is 0.435. The largest absolute Gasteiger partial charge is 0.492 e. The summed E-state index contributed by atoms with van der Waals surface area (Å²) in [5.74, 6) is 2.07. The molecule has 0 radical (unpaired) electrons. The zero-order valence-electron chi connectivity index (χ0n) is 18.3. The molecule has 8 nitrogen and oxygen atoms in total. The van der Waals surface area contributed by atoms with E-state index in [1.807, 2.05) is 36.4 Å². The van der Waals surface area contributed by atoms with Crippen molar-refractivity contribution >= 4 is 17.7 Å². The van der Waals surface area contributed by atoms with Gasteiger partial charge in [-0.1, -0.05) is 23.8 Å². The van der Waals surface area contributed by atoms with Crippen LogP contribution in [0, 0.1) is 12.8 Å². The topological polar surface area (TPSA) is 105 Å². The van der Waals surface area contributed by atoms with Crippen molar-refractivity contribution in [2.45, 2.75) is 26.3 Å². The van der Waals surface area contributed by atoms with Crippen LogP contribution in [0.25, 0.3) is 0 Å². The van der Waals surface area contributed by atoms with Crippen LogP contribution in [0.15, 0.2) is 47.6 Å². The molecule has 1 aliphatic heterocycles. The Kier molecular flexibility index (Phi) is 8.09. The minimum absolute atomic E-state index is 0.125. The summed E-state index contributed by atoms with van der Waals surface area (Å²) in [4.78, 5) is 22.6. The number of ether oxygens (including phenoxy) is 1. The molecule has 0 spiro atoms. The molecule has 1 aliphatic rings. The van der Waals surface area contributed by atoms with Crippen molar-refractivity contribution in [1.82, 2.24) is 15.6 Å². The number of aryl methyl sites for hydroxylation is 1. The van der Waals surface area contributed by atoms with Gasteiger partial charge in [0, 0.05) is 38.4 Å². The summed E-state index contributed by atoms with van der Waals surface area (Å²) in [6.07, 6.45) is 3.55. The van der Waals surface area contributed by atoms with E-state index in [-0.39, 0.29) is 11.8 Å². The summed E-state index contributed by atoms with van der Waals surface area (Å²) in [6.45, 7) is 5.26. The quantitative estimate of drug-likeness (QED) is 0.339. The van der Waals surface area contributed by atoms with Gasteiger partial charge < -0.3 is 26.0 Å². The average molecular weight is 425 g/mol. The van der Waals surface area contributed by atoms with E-state index in [2.05, 4.69) is 32.4 Å². The summed E-state index contributed by atoms with van der Waals surface area (Å²) >= 11 is 0. The van der Waals surface area contributed by atoms with Crippen LogP contribution in [-0.2, 0) is 11.3 Å². The number of benzene rings is 1. The number of aromatic nitrogens is 1. The zero-order valence-corrected chi connectivity index (χ0v) is 18.3. The van der Waals surface area contributed by atoms with Gasteiger partial charge in [0.1, 0.15) is 18.2 Å². The van der Waals surface area contributed by atoms with Crippen LogP contribution in [-0.4, -0.2) is 50.1 Å². The molecule has 0 saturated carbocycles. The van der Waals surface area contributed by atoms with Crippen LogP contribution >= 0.6 is 0 Å². The van der Waals surface area contributed by atoms with Gasteiger partial charge in [-0.25, -0.2) is 4.98 Å². The third-order valence-corrected chi connectivity index (χ3v) is 5.34. The summed E-state index contributed by atoms with van der Waals surface area (Å²) in [7, 11) is 1.74. The number of hydrogen-bond acceptors (Lipinski definition) is 5. The van der Waals surface area contributed by atoms with Crippen molar-refractivity contribution < 1.29 is 9.53 Å². The number of aliphatic imine (C=N–C) groups is 1. The smallest absolute Gasteiger partial charge is 0.222 e. The van der Waals surface area contributed by atoms with Crippen LogP contribution in [0.4, 0.5) is 5.82 Å². The van der Waals surface area contributed by atoms with E-state index in [1.165, 1.54) is 5.56 Å². The first-order valence-corrected chi connectivity index (χ1v) is 10.7. The molecule has 1 unspecified atom stereocenters. The van der Waals surface area contributed by atoms with Crippen molar-refractivity contribution in [1.29, 1.82) is 0 Å². The number of nitrogens with zero attached hydrogens (tertiary/aromatic N) is 3. The van der Waals surface area contributed by atoms with Gasteiger partial charge in [-0.3, -0.25) is 9.79 Å². The molecule has 1 atom stereocenters. The number of carbonyl (C=O) groups is 1. The summed E-state index contributed by atoms with van der Waals surface area (Å²) < 4.78 is 5.75. The highest BCUT2D eigenvalue weighted by molar-refractivity contribution is 5.80. The molecule has 2 heterocycles. The van der Waals surface area contributed by atoms with Gasteiger partial charge in [0.25, 0.3) is 0 Å². The molecule has 1 saturated heterocycles. The number of primary amides is 1. The van der Waals surface area contributed by atoms with E-state index in [1.54, 1.807) is 13.2 Å². The number of hydrogen-bond donors (Lipinski definition) is 3. The second kappa shape index (κ2) is 11.2. The third kappa shape index (κ3) is 6.60. The fourth-order valence-corrected chi connectivity index (χ4v) is 3.63. The average Bonchev–Trinajstić information content (AvgIpc) is 2.80. The van der Waals surface area contributed by atoms with E-state index in [0.29, 0.717) is 32.2 Å². The highest BCUT2D eigenvalue weighted by Gasteiger charge is 2.25. The molecule has 0 aliphatic carbocycles.